The summed E-state index contributed by atoms with van der Waals surface area (Å²) >= 11 is 0. The Hall–Kier alpha value is -0.650. The van der Waals surface area contributed by atoms with Crippen LogP contribution in [0.5, 0.6) is 0 Å². The van der Waals surface area contributed by atoms with E-state index in [4.69, 9.17) is 9.47 Å². The predicted octanol–water partition coefficient (Wildman–Crippen LogP) is 0.315. The molecule has 0 aromatic carbocycles. The highest BCUT2D eigenvalue weighted by molar-refractivity contribution is 5.81. The Morgan fingerprint density at radius 2 is 2.35 bits per heavy atom. The normalized spacial score (nSPS) is 27.8. The van der Waals surface area contributed by atoms with Gasteiger partial charge in [-0.1, -0.05) is 6.92 Å². The first kappa shape index (κ1) is 14.4. The van der Waals surface area contributed by atoms with Crippen LogP contribution >= 0.6 is 0 Å². The zero-order valence-corrected chi connectivity index (χ0v) is 10.9. The van der Waals surface area contributed by atoms with Crippen LogP contribution in [0, 0.1) is 5.92 Å². The van der Waals surface area contributed by atoms with Crippen LogP contribution in [0.25, 0.3) is 0 Å². The fourth-order valence-corrected chi connectivity index (χ4v) is 1.82. The fraction of sp³-hybridized carbons (Fsp3) is 0.917. The molecule has 1 amide bonds. The van der Waals surface area contributed by atoms with Crippen molar-refractivity contribution in [1.29, 1.82) is 0 Å². The zero-order chi connectivity index (χ0) is 12.9. The molecule has 0 radical (unpaired) electrons. The van der Waals surface area contributed by atoms with Crippen molar-refractivity contribution in [3.05, 3.63) is 0 Å². The Morgan fingerprint density at radius 1 is 1.65 bits per heavy atom. The van der Waals surface area contributed by atoms with E-state index in [1.54, 1.807) is 14.0 Å². The summed E-state index contributed by atoms with van der Waals surface area (Å²) in [7, 11) is 1.59. The molecule has 0 aliphatic carbocycles. The van der Waals surface area contributed by atoms with E-state index in [-0.39, 0.29) is 24.5 Å². The van der Waals surface area contributed by atoms with Crippen LogP contribution in [0.4, 0.5) is 0 Å². The maximum atomic E-state index is 11.8. The lowest BCUT2D eigenvalue weighted by atomic mass is 10.0. The molecule has 1 heterocycles. The van der Waals surface area contributed by atoms with Gasteiger partial charge in [0.25, 0.3) is 0 Å². The van der Waals surface area contributed by atoms with Crippen molar-refractivity contribution < 1.29 is 19.4 Å². The predicted molar refractivity (Wildman–Crippen MR) is 63.6 cm³/mol. The van der Waals surface area contributed by atoms with Crippen molar-refractivity contribution in [3.8, 4) is 0 Å². The number of ether oxygens (including phenoxy) is 2. The van der Waals surface area contributed by atoms with Crippen LogP contribution in [0.3, 0.4) is 0 Å². The van der Waals surface area contributed by atoms with E-state index in [1.165, 1.54) is 0 Å². The summed E-state index contributed by atoms with van der Waals surface area (Å²) in [6.45, 7) is 5.02. The van der Waals surface area contributed by atoms with E-state index in [1.807, 2.05) is 6.92 Å². The zero-order valence-electron chi connectivity index (χ0n) is 10.9. The monoisotopic (exact) mass is 245 g/mol. The molecule has 100 valence electrons. The number of hydrogen-bond donors (Lipinski definition) is 2. The van der Waals surface area contributed by atoms with E-state index in [0.717, 1.165) is 6.42 Å². The summed E-state index contributed by atoms with van der Waals surface area (Å²) < 4.78 is 10.3. The van der Waals surface area contributed by atoms with Crippen LogP contribution in [-0.2, 0) is 14.3 Å². The SMILES string of the molecule is COCCC(C)(O)CNC(=O)C1OCCC1C. The third kappa shape index (κ3) is 4.61. The molecule has 1 saturated heterocycles. The summed E-state index contributed by atoms with van der Waals surface area (Å²) in [4.78, 5) is 11.8. The summed E-state index contributed by atoms with van der Waals surface area (Å²) in [5.74, 6) is 0.117. The highest BCUT2D eigenvalue weighted by Crippen LogP contribution is 2.20. The molecule has 5 heteroatoms. The highest BCUT2D eigenvalue weighted by Gasteiger charge is 2.32. The molecule has 1 fully saturated rings. The molecular formula is C12H23NO4. The van der Waals surface area contributed by atoms with Gasteiger partial charge in [0.15, 0.2) is 0 Å². The summed E-state index contributed by atoms with van der Waals surface area (Å²) in [6.07, 6.45) is 1.04. The molecule has 1 rings (SSSR count). The molecule has 5 nitrogen and oxygen atoms in total. The van der Waals surface area contributed by atoms with Gasteiger partial charge < -0.3 is 19.9 Å². The van der Waals surface area contributed by atoms with Crippen molar-refractivity contribution in [2.45, 2.75) is 38.4 Å². The van der Waals surface area contributed by atoms with Crippen molar-refractivity contribution in [3.63, 3.8) is 0 Å². The molecule has 0 saturated carbocycles. The second-order valence-electron chi connectivity index (χ2n) is 5.01. The van der Waals surface area contributed by atoms with Gasteiger partial charge in [-0.05, 0) is 19.3 Å². The molecular weight excluding hydrogens is 222 g/mol. The van der Waals surface area contributed by atoms with E-state index < -0.39 is 5.60 Å². The van der Waals surface area contributed by atoms with Gasteiger partial charge in [-0.3, -0.25) is 4.79 Å². The Morgan fingerprint density at radius 3 is 2.88 bits per heavy atom. The average molecular weight is 245 g/mol. The van der Waals surface area contributed by atoms with Crippen LogP contribution < -0.4 is 5.32 Å². The quantitative estimate of drug-likeness (QED) is 0.707. The van der Waals surface area contributed by atoms with Gasteiger partial charge >= 0.3 is 0 Å². The fourth-order valence-electron chi connectivity index (χ4n) is 1.82. The average Bonchev–Trinajstić information content (AvgIpc) is 2.70. The van der Waals surface area contributed by atoms with Crippen LogP contribution in [-0.4, -0.2) is 49.6 Å². The summed E-state index contributed by atoms with van der Waals surface area (Å²) in [5.41, 5.74) is -0.937. The number of amides is 1. The first-order valence-electron chi connectivity index (χ1n) is 6.07. The van der Waals surface area contributed by atoms with Gasteiger partial charge in [-0.25, -0.2) is 0 Å². The first-order valence-corrected chi connectivity index (χ1v) is 6.07. The third-order valence-corrected chi connectivity index (χ3v) is 3.13. The second kappa shape index (κ2) is 6.33. The molecule has 0 aromatic heterocycles. The number of methoxy groups -OCH3 is 1. The van der Waals surface area contributed by atoms with Crippen molar-refractivity contribution in [2.75, 3.05) is 26.9 Å². The van der Waals surface area contributed by atoms with Gasteiger partial charge in [0.05, 0.1) is 5.60 Å². The summed E-state index contributed by atoms with van der Waals surface area (Å²) in [6, 6.07) is 0. The maximum absolute atomic E-state index is 11.8. The highest BCUT2D eigenvalue weighted by atomic mass is 16.5. The molecule has 3 unspecified atom stereocenters. The standard InChI is InChI=1S/C12H23NO4/c1-9-4-6-17-10(9)11(14)13-8-12(2,15)5-7-16-3/h9-10,15H,4-8H2,1-3H3,(H,13,14). The van der Waals surface area contributed by atoms with Gasteiger partial charge in [-0.15, -0.1) is 0 Å². The van der Waals surface area contributed by atoms with Gasteiger partial charge in [0.1, 0.15) is 6.10 Å². The topological polar surface area (TPSA) is 67.8 Å². The number of aliphatic hydroxyl groups is 1. The van der Waals surface area contributed by atoms with E-state index in [2.05, 4.69) is 5.32 Å². The van der Waals surface area contributed by atoms with E-state index in [0.29, 0.717) is 19.6 Å². The Balaban J connectivity index is 2.31. The number of carbonyl (C=O) groups excluding carboxylic acids is 1. The first-order chi connectivity index (χ1) is 7.96. The minimum Gasteiger partial charge on any atom is -0.388 e. The molecule has 0 bridgehead atoms. The molecule has 1 aliphatic heterocycles. The second-order valence-corrected chi connectivity index (χ2v) is 5.01. The van der Waals surface area contributed by atoms with Gasteiger partial charge in [0, 0.05) is 33.3 Å². The Kier molecular flexibility index (Phi) is 5.36. The largest absolute Gasteiger partial charge is 0.388 e. The number of hydrogen-bond acceptors (Lipinski definition) is 4. The minimum absolute atomic E-state index is 0.132. The maximum Gasteiger partial charge on any atom is 0.249 e. The molecule has 2 N–H and O–H groups in total. The number of rotatable bonds is 6. The molecule has 17 heavy (non-hydrogen) atoms. The Bertz CT molecular complexity index is 255. The smallest absolute Gasteiger partial charge is 0.249 e. The van der Waals surface area contributed by atoms with Crippen molar-refractivity contribution in [2.24, 2.45) is 5.92 Å². The van der Waals surface area contributed by atoms with E-state index >= 15 is 0 Å². The molecule has 0 aromatic rings. The van der Waals surface area contributed by atoms with Crippen molar-refractivity contribution >= 4 is 5.91 Å². The molecule has 1 aliphatic rings. The van der Waals surface area contributed by atoms with Crippen molar-refractivity contribution in [1.82, 2.24) is 5.32 Å². The van der Waals surface area contributed by atoms with Crippen LogP contribution in [0.1, 0.15) is 26.7 Å². The lowest BCUT2D eigenvalue weighted by Crippen LogP contribution is -2.45. The third-order valence-electron chi connectivity index (χ3n) is 3.13. The Labute approximate surface area is 102 Å². The lowest BCUT2D eigenvalue weighted by molar-refractivity contribution is -0.132. The minimum atomic E-state index is -0.937. The van der Waals surface area contributed by atoms with Gasteiger partial charge in [0.2, 0.25) is 5.91 Å². The van der Waals surface area contributed by atoms with E-state index in [9.17, 15) is 9.90 Å². The summed E-state index contributed by atoms with van der Waals surface area (Å²) in [5, 5.41) is 12.7. The van der Waals surface area contributed by atoms with Gasteiger partial charge in [-0.2, -0.15) is 0 Å². The number of carbonyl (C=O) groups is 1. The number of nitrogens with one attached hydrogen (secondary N) is 1. The molecule has 3 atom stereocenters. The van der Waals surface area contributed by atoms with Crippen LogP contribution in [0.15, 0.2) is 0 Å². The lowest BCUT2D eigenvalue weighted by Gasteiger charge is -2.24. The van der Waals surface area contributed by atoms with Crippen LogP contribution in [0.2, 0.25) is 0 Å². The molecule has 0 spiro atoms.